The number of anilines is 1. The molecule has 1 fully saturated rings. The number of amides is 1. The smallest absolute Gasteiger partial charge is 0.253 e. The topological polar surface area (TPSA) is 54.0 Å². The zero-order chi connectivity index (χ0) is 11.8. The van der Waals surface area contributed by atoms with Crippen LogP contribution in [0.3, 0.4) is 0 Å². The van der Waals surface area contributed by atoms with Crippen molar-refractivity contribution in [2.45, 2.75) is 25.3 Å². The van der Waals surface area contributed by atoms with Gasteiger partial charge in [0.05, 0.1) is 10.6 Å². The average Bonchev–Trinajstić information content (AvgIpc) is 2.95. The van der Waals surface area contributed by atoms with Gasteiger partial charge < -0.3 is 10.6 Å². The Balaban J connectivity index is 2.14. The number of nitrogens with one attached hydrogen (secondary N) is 2. The minimum atomic E-state index is -0.114. The zero-order valence-corrected chi connectivity index (χ0v) is 10.1. The summed E-state index contributed by atoms with van der Waals surface area (Å²) in [5.74, 6) is 0.466. The van der Waals surface area contributed by atoms with Gasteiger partial charge in [0, 0.05) is 18.8 Å². The number of pyridine rings is 1. The molecule has 16 heavy (non-hydrogen) atoms. The summed E-state index contributed by atoms with van der Waals surface area (Å²) in [4.78, 5) is 15.9. The predicted octanol–water partition coefficient (Wildman–Crippen LogP) is 2.06. The van der Waals surface area contributed by atoms with Gasteiger partial charge in [0.2, 0.25) is 0 Å². The molecule has 1 saturated carbocycles. The van der Waals surface area contributed by atoms with Gasteiger partial charge in [-0.2, -0.15) is 0 Å². The molecule has 1 aromatic rings. The Bertz CT molecular complexity index is 429. The highest BCUT2D eigenvalue weighted by Crippen LogP contribution is 2.34. The number of aromatic nitrogens is 1. The van der Waals surface area contributed by atoms with Crippen LogP contribution in [0.4, 0.5) is 5.82 Å². The molecule has 5 heteroatoms. The van der Waals surface area contributed by atoms with Gasteiger partial charge >= 0.3 is 0 Å². The minimum absolute atomic E-state index is 0.0226. The van der Waals surface area contributed by atoms with E-state index in [1.807, 2.05) is 6.92 Å². The van der Waals surface area contributed by atoms with Crippen molar-refractivity contribution in [3.05, 3.63) is 22.8 Å². The largest absolute Gasteiger partial charge is 0.372 e. The molecule has 2 rings (SSSR count). The molecule has 0 aromatic carbocycles. The first-order valence-electron chi connectivity index (χ1n) is 5.20. The van der Waals surface area contributed by atoms with Crippen molar-refractivity contribution in [3.8, 4) is 0 Å². The van der Waals surface area contributed by atoms with Crippen LogP contribution in [0, 0.1) is 0 Å². The molecule has 86 valence electrons. The highest BCUT2D eigenvalue weighted by Gasteiger charge is 2.38. The molecule has 0 radical (unpaired) electrons. The lowest BCUT2D eigenvalue weighted by atomic mass is 10.2. The number of carbonyl (C=O) groups is 1. The predicted molar refractivity (Wildman–Crippen MR) is 63.9 cm³/mol. The first kappa shape index (κ1) is 11.2. The summed E-state index contributed by atoms with van der Waals surface area (Å²) in [5.41, 5.74) is 0.475. The summed E-state index contributed by atoms with van der Waals surface area (Å²) in [6.07, 6.45) is 3.60. The molecule has 1 aromatic heterocycles. The molecular weight excluding hydrogens is 226 g/mol. The third-order valence-corrected chi connectivity index (χ3v) is 3.04. The Morgan fingerprint density at radius 3 is 2.75 bits per heavy atom. The fraction of sp³-hybridized carbons (Fsp3) is 0.455. The molecule has 2 N–H and O–H groups in total. The maximum atomic E-state index is 11.8. The van der Waals surface area contributed by atoms with E-state index in [1.54, 1.807) is 13.1 Å². The normalized spacial score (nSPS) is 16.7. The second-order valence-electron chi connectivity index (χ2n) is 4.32. The van der Waals surface area contributed by atoms with E-state index in [-0.39, 0.29) is 11.4 Å². The molecule has 0 unspecified atom stereocenters. The fourth-order valence-electron chi connectivity index (χ4n) is 1.40. The van der Waals surface area contributed by atoms with Crippen molar-refractivity contribution < 1.29 is 4.79 Å². The molecular formula is C11H14ClN3O. The quantitative estimate of drug-likeness (QED) is 0.849. The van der Waals surface area contributed by atoms with Gasteiger partial charge in [-0.25, -0.2) is 4.98 Å². The first-order valence-corrected chi connectivity index (χ1v) is 5.58. The number of rotatable bonds is 3. The number of hydrogen-bond donors (Lipinski definition) is 2. The van der Waals surface area contributed by atoms with E-state index < -0.39 is 0 Å². The van der Waals surface area contributed by atoms with Crippen molar-refractivity contribution in [3.63, 3.8) is 0 Å². The summed E-state index contributed by atoms with van der Waals surface area (Å²) < 4.78 is 0. The van der Waals surface area contributed by atoms with Crippen LogP contribution >= 0.6 is 11.6 Å². The van der Waals surface area contributed by atoms with Crippen molar-refractivity contribution >= 4 is 23.3 Å². The Labute approximate surface area is 99.4 Å². The number of hydrogen-bond acceptors (Lipinski definition) is 3. The monoisotopic (exact) mass is 239 g/mol. The molecule has 0 atom stereocenters. The summed E-state index contributed by atoms with van der Waals surface area (Å²) in [6.45, 7) is 2.03. The van der Waals surface area contributed by atoms with Crippen molar-refractivity contribution in [2.75, 3.05) is 12.4 Å². The van der Waals surface area contributed by atoms with Crippen LogP contribution in [0.15, 0.2) is 12.3 Å². The molecule has 0 spiro atoms. The van der Waals surface area contributed by atoms with E-state index >= 15 is 0 Å². The van der Waals surface area contributed by atoms with Crippen LogP contribution in [-0.2, 0) is 0 Å². The maximum Gasteiger partial charge on any atom is 0.253 e. The van der Waals surface area contributed by atoms with Gasteiger partial charge in [-0.05, 0) is 25.8 Å². The third-order valence-electron chi connectivity index (χ3n) is 2.76. The summed E-state index contributed by atoms with van der Waals surface area (Å²) >= 11 is 5.96. The van der Waals surface area contributed by atoms with Crippen LogP contribution in [0.2, 0.25) is 5.02 Å². The lowest BCUT2D eigenvalue weighted by molar-refractivity contribution is 0.0935. The SMILES string of the molecule is CNc1ncc(C(=O)NC2(C)CC2)cc1Cl. The van der Waals surface area contributed by atoms with Crippen LogP contribution in [0.25, 0.3) is 0 Å². The molecule has 4 nitrogen and oxygen atoms in total. The molecule has 1 heterocycles. The van der Waals surface area contributed by atoms with E-state index in [1.165, 1.54) is 6.20 Å². The van der Waals surface area contributed by atoms with E-state index in [9.17, 15) is 4.79 Å². The molecule has 1 aliphatic carbocycles. The molecule has 1 amide bonds. The zero-order valence-electron chi connectivity index (χ0n) is 9.30. The van der Waals surface area contributed by atoms with Crippen molar-refractivity contribution in [1.29, 1.82) is 0 Å². The van der Waals surface area contributed by atoms with Gasteiger partial charge in [0.1, 0.15) is 5.82 Å². The van der Waals surface area contributed by atoms with Crippen LogP contribution in [-0.4, -0.2) is 23.5 Å². The Hall–Kier alpha value is -1.29. The standard InChI is InChI=1S/C11H14ClN3O/c1-11(3-4-11)15-10(16)7-5-8(12)9(13-2)14-6-7/h5-6H,3-4H2,1-2H3,(H,13,14)(H,15,16). The van der Waals surface area contributed by atoms with Crippen molar-refractivity contribution in [2.24, 2.45) is 0 Å². The van der Waals surface area contributed by atoms with E-state index in [0.29, 0.717) is 16.4 Å². The summed E-state index contributed by atoms with van der Waals surface area (Å²) in [5, 5.41) is 6.26. The average molecular weight is 240 g/mol. The van der Waals surface area contributed by atoms with E-state index in [2.05, 4.69) is 15.6 Å². The lowest BCUT2D eigenvalue weighted by Crippen LogP contribution is -2.34. The Kier molecular flexibility index (Phi) is 2.76. The fourth-order valence-corrected chi connectivity index (χ4v) is 1.67. The highest BCUT2D eigenvalue weighted by atomic mass is 35.5. The lowest BCUT2D eigenvalue weighted by Gasteiger charge is -2.11. The summed E-state index contributed by atoms with van der Waals surface area (Å²) in [6, 6.07) is 1.63. The van der Waals surface area contributed by atoms with Gasteiger partial charge in [0.15, 0.2) is 0 Å². The second kappa shape index (κ2) is 3.94. The van der Waals surface area contributed by atoms with Gasteiger partial charge in [-0.3, -0.25) is 4.79 Å². The Morgan fingerprint density at radius 2 is 2.25 bits per heavy atom. The molecule has 0 aliphatic heterocycles. The van der Waals surface area contributed by atoms with Crippen LogP contribution < -0.4 is 10.6 Å². The number of carbonyl (C=O) groups excluding carboxylic acids is 1. The van der Waals surface area contributed by atoms with E-state index in [0.717, 1.165) is 12.8 Å². The van der Waals surface area contributed by atoms with Crippen LogP contribution in [0.1, 0.15) is 30.1 Å². The number of halogens is 1. The highest BCUT2D eigenvalue weighted by molar-refractivity contribution is 6.33. The third kappa shape index (κ3) is 2.27. The second-order valence-corrected chi connectivity index (χ2v) is 4.73. The van der Waals surface area contributed by atoms with Gasteiger partial charge in [-0.15, -0.1) is 0 Å². The van der Waals surface area contributed by atoms with Gasteiger partial charge in [0.25, 0.3) is 5.91 Å². The Morgan fingerprint density at radius 1 is 1.56 bits per heavy atom. The molecule has 0 bridgehead atoms. The summed E-state index contributed by atoms with van der Waals surface area (Å²) in [7, 11) is 1.74. The van der Waals surface area contributed by atoms with E-state index in [4.69, 9.17) is 11.6 Å². The first-order chi connectivity index (χ1) is 7.54. The van der Waals surface area contributed by atoms with Crippen molar-refractivity contribution in [1.82, 2.24) is 10.3 Å². The minimum Gasteiger partial charge on any atom is -0.372 e. The molecule has 0 saturated heterocycles. The molecule has 1 aliphatic rings. The maximum absolute atomic E-state index is 11.8. The van der Waals surface area contributed by atoms with Crippen LogP contribution in [0.5, 0.6) is 0 Å². The van der Waals surface area contributed by atoms with Gasteiger partial charge in [-0.1, -0.05) is 11.6 Å². The number of nitrogens with zero attached hydrogens (tertiary/aromatic N) is 1.